The van der Waals surface area contributed by atoms with E-state index in [1.54, 1.807) is 20.1 Å². The van der Waals surface area contributed by atoms with Crippen molar-refractivity contribution in [3.8, 4) is 0 Å². The monoisotopic (exact) mass is 193 g/mol. The highest BCUT2D eigenvalue weighted by Gasteiger charge is 2.22. The Balaban J connectivity index is 4.33. The van der Waals surface area contributed by atoms with E-state index in [2.05, 4.69) is 4.99 Å². The molecule has 0 unspecified atom stereocenters. The van der Waals surface area contributed by atoms with Crippen LogP contribution in [-0.2, 0) is 10.1 Å². The van der Waals surface area contributed by atoms with Gasteiger partial charge < -0.3 is 0 Å². The van der Waals surface area contributed by atoms with Crippen molar-refractivity contribution >= 4 is 16.3 Å². The summed E-state index contributed by atoms with van der Waals surface area (Å²) in [7, 11) is -3.93. The van der Waals surface area contributed by atoms with Crippen LogP contribution in [0.4, 0.5) is 0 Å². The summed E-state index contributed by atoms with van der Waals surface area (Å²) in [6, 6.07) is 0. The van der Waals surface area contributed by atoms with Gasteiger partial charge >= 0.3 is 0 Å². The van der Waals surface area contributed by atoms with E-state index in [0.29, 0.717) is 0 Å². The summed E-state index contributed by atoms with van der Waals surface area (Å²) < 4.78 is 29.5. The van der Waals surface area contributed by atoms with Gasteiger partial charge in [-0.05, 0) is 26.5 Å². The van der Waals surface area contributed by atoms with Gasteiger partial charge in [-0.15, -0.1) is 0 Å². The van der Waals surface area contributed by atoms with Crippen molar-refractivity contribution in [1.29, 1.82) is 0 Å². The third kappa shape index (κ3) is 6.30. The first-order chi connectivity index (χ1) is 5.27. The minimum atomic E-state index is -3.93. The second-order valence-electron chi connectivity index (χ2n) is 3.26. The molecule has 0 aromatic heterocycles. The molecule has 0 saturated carbocycles. The molecule has 1 N–H and O–H groups in total. The van der Waals surface area contributed by atoms with E-state index in [1.807, 2.05) is 6.92 Å². The van der Waals surface area contributed by atoms with Crippen LogP contribution < -0.4 is 0 Å². The van der Waals surface area contributed by atoms with Crippen LogP contribution >= 0.6 is 0 Å². The van der Waals surface area contributed by atoms with Gasteiger partial charge in [0, 0.05) is 0 Å². The fourth-order valence-electron chi connectivity index (χ4n) is 0.822. The molecule has 12 heavy (non-hydrogen) atoms. The molecule has 0 spiro atoms. The van der Waals surface area contributed by atoms with Crippen molar-refractivity contribution in [2.24, 2.45) is 4.99 Å². The highest BCUT2D eigenvalue weighted by molar-refractivity contribution is 7.85. The van der Waals surface area contributed by atoms with Crippen LogP contribution in [0.15, 0.2) is 4.99 Å². The maximum atomic E-state index is 10.5. The van der Waals surface area contributed by atoms with Crippen LogP contribution in [0, 0.1) is 0 Å². The molecule has 0 aliphatic carbocycles. The first-order valence-electron chi connectivity index (χ1n) is 3.76. The quantitative estimate of drug-likeness (QED) is 0.537. The lowest BCUT2D eigenvalue weighted by Gasteiger charge is -2.16. The Kier molecular flexibility index (Phi) is 3.86. The molecule has 0 aliphatic heterocycles. The van der Waals surface area contributed by atoms with E-state index >= 15 is 0 Å². The molecule has 0 amide bonds. The van der Waals surface area contributed by atoms with Gasteiger partial charge in [-0.2, -0.15) is 8.42 Å². The maximum Gasteiger partial charge on any atom is 0.267 e. The minimum absolute atomic E-state index is 0.337. The molecule has 0 radical (unpaired) electrons. The molecular formula is C7H15NO3S. The zero-order valence-corrected chi connectivity index (χ0v) is 8.43. The lowest BCUT2D eigenvalue weighted by atomic mass is 10.1. The molecule has 0 fully saturated rings. The predicted octanol–water partition coefficient (Wildman–Crippen LogP) is 1.13. The Morgan fingerprint density at radius 1 is 1.50 bits per heavy atom. The second-order valence-corrected chi connectivity index (χ2v) is 4.71. The number of rotatable bonds is 4. The lowest BCUT2D eigenvalue weighted by molar-refractivity contribution is 0.461. The van der Waals surface area contributed by atoms with Gasteiger partial charge in [0.2, 0.25) is 0 Å². The Labute approximate surface area is 73.5 Å². The molecule has 0 aromatic carbocycles. The summed E-state index contributed by atoms with van der Waals surface area (Å²) in [5.41, 5.74) is -0.733. The van der Waals surface area contributed by atoms with Crippen molar-refractivity contribution in [3.63, 3.8) is 0 Å². The summed E-state index contributed by atoms with van der Waals surface area (Å²) in [5.74, 6) is -0.337. The van der Waals surface area contributed by atoms with Gasteiger partial charge in [-0.3, -0.25) is 9.55 Å². The lowest BCUT2D eigenvalue weighted by Crippen LogP contribution is -2.28. The fourth-order valence-corrected chi connectivity index (χ4v) is 1.79. The van der Waals surface area contributed by atoms with Crippen LogP contribution in [0.2, 0.25) is 0 Å². The molecule has 4 nitrogen and oxygen atoms in total. The number of hydrogen-bond donors (Lipinski definition) is 1. The molecular weight excluding hydrogens is 178 g/mol. The molecule has 0 aliphatic rings. The standard InChI is InChI=1S/C7H15NO3S/c1-4-5-8-7(2,3)6-12(9,10)11/h5H,4,6H2,1-3H3,(H,9,10,11). The molecule has 72 valence electrons. The van der Waals surface area contributed by atoms with E-state index in [0.717, 1.165) is 6.42 Å². The average molecular weight is 193 g/mol. The van der Waals surface area contributed by atoms with Crippen molar-refractivity contribution in [2.45, 2.75) is 32.7 Å². The zero-order chi connectivity index (χ0) is 9.83. The van der Waals surface area contributed by atoms with Crippen LogP contribution in [-0.4, -0.2) is 30.5 Å². The van der Waals surface area contributed by atoms with E-state index in [1.165, 1.54) is 0 Å². The molecule has 0 saturated heterocycles. The Morgan fingerprint density at radius 3 is 2.33 bits per heavy atom. The molecule has 0 aromatic rings. The van der Waals surface area contributed by atoms with Gasteiger partial charge in [-0.1, -0.05) is 6.92 Å². The van der Waals surface area contributed by atoms with Crippen LogP contribution in [0.25, 0.3) is 0 Å². The SMILES string of the molecule is CCC=NC(C)(C)CS(=O)(=O)O. The van der Waals surface area contributed by atoms with Crippen molar-refractivity contribution in [2.75, 3.05) is 5.75 Å². The van der Waals surface area contributed by atoms with Crippen molar-refractivity contribution < 1.29 is 13.0 Å². The Morgan fingerprint density at radius 2 is 2.00 bits per heavy atom. The van der Waals surface area contributed by atoms with Gasteiger partial charge in [0.15, 0.2) is 0 Å². The summed E-state index contributed by atoms with van der Waals surface area (Å²) in [6.45, 7) is 5.23. The first kappa shape index (κ1) is 11.6. The highest BCUT2D eigenvalue weighted by atomic mass is 32.2. The van der Waals surface area contributed by atoms with E-state index in [-0.39, 0.29) is 5.75 Å². The van der Waals surface area contributed by atoms with Crippen LogP contribution in [0.5, 0.6) is 0 Å². The van der Waals surface area contributed by atoms with E-state index < -0.39 is 15.7 Å². The fraction of sp³-hybridized carbons (Fsp3) is 0.857. The second kappa shape index (κ2) is 4.00. The van der Waals surface area contributed by atoms with Gasteiger partial charge in [0.05, 0.1) is 11.3 Å². The summed E-state index contributed by atoms with van der Waals surface area (Å²) in [6.07, 6.45) is 2.40. The molecule has 0 rings (SSSR count). The zero-order valence-electron chi connectivity index (χ0n) is 7.61. The summed E-state index contributed by atoms with van der Waals surface area (Å²) >= 11 is 0. The van der Waals surface area contributed by atoms with Gasteiger partial charge in [0.1, 0.15) is 0 Å². The summed E-state index contributed by atoms with van der Waals surface area (Å²) in [4.78, 5) is 4.00. The third-order valence-electron chi connectivity index (χ3n) is 1.16. The largest absolute Gasteiger partial charge is 0.290 e. The molecule has 0 heterocycles. The van der Waals surface area contributed by atoms with E-state index in [9.17, 15) is 8.42 Å². The smallest absolute Gasteiger partial charge is 0.267 e. The number of nitrogens with zero attached hydrogens (tertiary/aromatic N) is 1. The molecule has 5 heteroatoms. The van der Waals surface area contributed by atoms with Crippen molar-refractivity contribution in [3.05, 3.63) is 0 Å². The van der Waals surface area contributed by atoms with Gasteiger partial charge in [-0.25, -0.2) is 0 Å². The normalized spacial score (nSPS) is 14.0. The number of aliphatic imine (C=N–C) groups is 1. The number of hydrogen-bond acceptors (Lipinski definition) is 3. The topological polar surface area (TPSA) is 66.7 Å². The van der Waals surface area contributed by atoms with E-state index in [4.69, 9.17) is 4.55 Å². The van der Waals surface area contributed by atoms with Crippen molar-refractivity contribution in [1.82, 2.24) is 0 Å². The molecule has 0 atom stereocenters. The van der Waals surface area contributed by atoms with Crippen LogP contribution in [0.3, 0.4) is 0 Å². The Hall–Kier alpha value is -0.420. The predicted molar refractivity (Wildman–Crippen MR) is 49.3 cm³/mol. The minimum Gasteiger partial charge on any atom is -0.290 e. The summed E-state index contributed by atoms with van der Waals surface area (Å²) in [5, 5.41) is 0. The first-order valence-corrected chi connectivity index (χ1v) is 5.36. The third-order valence-corrected chi connectivity index (χ3v) is 2.23. The average Bonchev–Trinajstić information content (AvgIpc) is 1.78. The maximum absolute atomic E-state index is 10.5. The Bertz CT molecular complexity index is 254. The van der Waals surface area contributed by atoms with Gasteiger partial charge in [0.25, 0.3) is 10.1 Å². The van der Waals surface area contributed by atoms with Crippen LogP contribution in [0.1, 0.15) is 27.2 Å². The highest BCUT2D eigenvalue weighted by Crippen LogP contribution is 2.10. The molecule has 0 bridgehead atoms.